The highest BCUT2D eigenvalue weighted by Gasteiger charge is 2.19. The van der Waals surface area contributed by atoms with Gasteiger partial charge in [-0.3, -0.25) is 4.79 Å². The fourth-order valence-corrected chi connectivity index (χ4v) is 1.89. The molecule has 4 N–H and O–H groups in total. The van der Waals surface area contributed by atoms with Gasteiger partial charge in [0.2, 0.25) is 0 Å². The highest BCUT2D eigenvalue weighted by Crippen LogP contribution is 2.18. The number of amidine groups is 1. The molecule has 0 aliphatic heterocycles. The van der Waals surface area contributed by atoms with Crippen molar-refractivity contribution in [2.24, 2.45) is 10.9 Å². The van der Waals surface area contributed by atoms with Gasteiger partial charge in [-0.1, -0.05) is 29.7 Å². The highest BCUT2D eigenvalue weighted by molar-refractivity contribution is 6.30. The molecule has 1 amide bonds. The van der Waals surface area contributed by atoms with Crippen LogP contribution in [0.15, 0.2) is 29.4 Å². The monoisotopic (exact) mass is 313 g/mol. The van der Waals surface area contributed by atoms with Crippen molar-refractivity contribution in [1.82, 2.24) is 5.32 Å². The van der Waals surface area contributed by atoms with Crippen LogP contribution in [0.4, 0.5) is 0 Å². The minimum atomic E-state index is -0.676. The number of hydrogen-bond acceptors (Lipinski definition) is 4. The van der Waals surface area contributed by atoms with Crippen molar-refractivity contribution >= 4 is 23.3 Å². The molecule has 0 radical (unpaired) electrons. The topological polar surface area (TPSA) is 96.9 Å². The molecule has 1 rings (SSSR count). The van der Waals surface area contributed by atoms with Crippen molar-refractivity contribution in [3.8, 4) is 5.75 Å². The summed E-state index contributed by atoms with van der Waals surface area (Å²) in [5, 5.41) is 14.8. The van der Waals surface area contributed by atoms with Crippen LogP contribution in [0.5, 0.6) is 5.75 Å². The molecule has 0 fully saturated rings. The van der Waals surface area contributed by atoms with Crippen molar-refractivity contribution in [2.75, 3.05) is 0 Å². The zero-order chi connectivity index (χ0) is 15.8. The van der Waals surface area contributed by atoms with Crippen molar-refractivity contribution < 1.29 is 14.7 Å². The van der Waals surface area contributed by atoms with Crippen molar-refractivity contribution in [3.05, 3.63) is 29.3 Å². The van der Waals surface area contributed by atoms with Gasteiger partial charge in [0, 0.05) is 17.5 Å². The number of oxime groups is 1. The van der Waals surface area contributed by atoms with E-state index in [4.69, 9.17) is 27.3 Å². The van der Waals surface area contributed by atoms with Crippen LogP contribution < -0.4 is 15.8 Å². The average molecular weight is 314 g/mol. The Labute approximate surface area is 128 Å². The summed E-state index contributed by atoms with van der Waals surface area (Å²) in [5.41, 5.74) is 5.44. The number of halogens is 1. The Balaban J connectivity index is 2.57. The van der Waals surface area contributed by atoms with Crippen LogP contribution >= 0.6 is 11.6 Å². The van der Waals surface area contributed by atoms with Gasteiger partial charge in [-0.15, -0.1) is 0 Å². The molecular weight excluding hydrogens is 294 g/mol. The Morgan fingerprint density at radius 2 is 2.29 bits per heavy atom. The number of nitrogens with zero attached hydrogens (tertiary/aromatic N) is 1. The maximum absolute atomic E-state index is 12.1. The summed E-state index contributed by atoms with van der Waals surface area (Å²) in [6.07, 6.45) is 0.263. The summed E-state index contributed by atoms with van der Waals surface area (Å²) in [6, 6.07) is 6.63. The molecule has 1 aromatic rings. The predicted molar refractivity (Wildman–Crippen MR) is 81.8 cm³/mol. The minimum Gasteiger partial charge on any atom is -0.481 e. The minimum absolute atomic E-state index is 0.0746. The summed E-state index contributed by atoms with van der Waals surface area (Å²) < 4.78 is 5.53. The molecule has 0 saturated heterocycles. The fraction of sp³-hybridized carbons (Fsp3) is 0.429. The van der Waals surface area contributed by atoms with E-state index in [2.05, 4.69) is 10.5 Å². The normalized spacial score (nSPS) is 14.3. The van der Waals surface area contributed by atoms with Gasteiger partial charge in [0.15, 0.2) is 6.10 Å². The molecule has 0 saturated carbocycles. The van der Waals surface area contributed by atoms with Crippen LogP contribution in [0.2, 0.25) is 5.02 Å². The Bertz CT molecular complexity index is 508. The largest absolute Gasteiger partial charge is 0.481 e. The van der Waals surface area contributed by atoms with E-state index in [-0.39, 0.29) is 24.2 Å². The van der Waals surface area contributed by atoms with Crippen LogP contribution in [0, 0.1) is 0 Å². The van der Waals surface area contributed by atoms with Crippen molar-refractivity contribution in [2.45, 2.75) is 38.8 Å². The van der Waals surface area contributed by atoms with Gasteiger partial charge in [0.05, 0.1) is 0 Å². The molecule has 0 heterocycles. The third-order valence-electron chi connectivity index (χ3n) is 2.90. The molecule has 0 aliphatic rings. The average Bonchev–Trinajstić information content (AvgIpc) is 2.46. The smallest absolute Gasteiger partial charge is 0.261 e. The number of nitrogens with two attached hydrogens (primary N) is 1. The molecule has 1 aromatic carbocycles. The Hall–Kier alpha value is -1.95. The molecule has 0 aromatic heterocycles. The predicted octanol–water partition coefficient (Wildman–Crippen LogP) is 2.14. The quantitative estimate of drug-likeness (QED) is 0.311. The van der Waals surface area contributed by atoms with Gasteiger partial charge in [-0.25, -0.2) is 0 Å². The Morgan fingerprint density at radius 1 is 1.57 bits per heavy atom. The van der Waals surface area contributed by atoms with E-state index in [1.807, 2.05) is 6.92 Å². The van der Waals surface area contributed by atoms with E-state index < -0.39 is 6.10 Å². The molecule has 116 valence electrons. The summed E-state index contributed by atoms with van der Waals surface area (Å²) in [5.74, 6) is 0.327. The second kappa shape index (κ2) is 8.36. The number of amides is 1. The molecule has 6 nitrogen and oxygen atoms in total. The second-order valence-corrected chi connectivity index (χ2v) is 5.06. The van der Waals surface area contributed by atoms with Gasteiger partial charge in [0.25, 0.3) is 5.91 Å². The number of hydrogen-bond donors (Lipinski definition) is 3. The number of carbonyl (C=O) groups excluding carboxylic acids is 1. The third kappa shape index (κ3) is 5.91. The van der Waals surface area contributed by atoms with Crippen LogP contribution in [0.1, 0.15) is 26.7 Å². The molecular formula is C14H20ClN3O3. The number of carbonyl (C=O) groups is 1. The van der Waals surface area contributed by atoms with Gasteiger partial charge in [0.1, 0.15) is 11.6 Å². The van der Waals surface area contributed by atoms with Crippen LogP contribution in [0.3, 0.4) is 0 Å². The van der Waals surface area contributed by atoms with Crippen LogP contribution in [-0.2, 0) is 4.79 Å². The number of rotatable bonds is 7. The molecule has 2 atom stereocenters. The molecule has 0 aliphatic carbocycles. The zero-order valence-electron chi connectivity index (χ0n) is 12.0. The lowest BCUT2D eigenvalue weighted by Crippen LogP contribution is -2.43. The maximum atomic E-state index is 12.1. The highest BCUT2D eigenvalue weighted by atomic mass is 35.5. The first-order chi connectivity index (χ1) is 9.96. The van der Waals surface area contributed by atoms with E-state index in [0.717, 1.165) is 0 Å². The van der Waals surface area contributed by atoms with E-state index >= 15 is 0 Å². The molecule has 2 unspecified atom stereocenters. The molecule has 7 heteroatoms. The van der Waals surface area contributed by atoms with E-state index in [1.54, 1.807) is 31.2 Å². The summed E-state index contributed by atoms with van der Waals surface area (Å²) in [6.45, 7) is 3.55. The Morgan fingerprint density at radius 3 is 2.86 bits per heavy atom. The summed E-state index contributed by atoms with van der Waals surface area (Å²) in [7, 11) is 0. The first-order valence-corrected chi connectivity index (χ1v) is 7.03. The number of ether oxygens (including phenoxy) is 1. The second-order valence-electron chi connectivity index (χ2n) is 4.63. The van der Waals surface area contributed by atoms with Gasteiger partial charge >= 0.3 is 0 Å². The van der Waals surface area contributed by atoms with Crippen molar-refractivity contribution in [1.29, 1.82) is 0 Å². The van der Waals surface area contributed by atoms with E-state index in [1.165, 1.54) is 0 Å². The first-order valence-electron chi connectivity index (χ1n) is 6.65. The maximum Gasteiger partial charge on any atom is 0.261 e. The molecule has 0 spiro atoms. The number of benzene rings is 1. The van der Waals surface area contributed by atoms with E-state index in [9.17, 15) is 4.79 Å². The summed E-state index contributed by atoms with van der Waals surface area (Å²) in [4.78, 5) is 12.1. The fourth-order valence-electron chi connectivity index (χ4n) is 1.71. The van der Waals surface area contributed by atoms with Crippen LogP contribution in [-0.4, -0.2) is 29.1 Å². The lowest BCUT2D eigenvalue weighted by molar-refractivity contribution is -0.128. The molecule has 0 bridgehead atoms. The van der Waals surface area contributed by atoms with Gasteiger partial charge < -0.3 is 21.0 Å². The van der Waals surface area contributed by atoms with Gasteiger partial charge in [-0.05, 0) is 31.5 Å². The zero-order valence-corrected chi connectivity index (χ0v) is 12.8. The number of nitrogens with one attached hydrogen (secondary N) is 1. The first kappa shape index (κ1) is 17.1. The summed E-state index contributed by atoms with van der Waals surface area (Å²) >= 11 is 5.86. The Kier molecular flexibility index (Phi) is 6.81. The van der Waals surface area contributed by atoms with Gasteiger partial charge in [-0.2, -0.15) is 0 Å². The van der Waals surface area contributed by atoms with Crippen molar-refractivity contribution in [3.63, 3.8) is 0 Å². The molecule has 21 heavy (non-hydrogen) atoms. The standard InChI is InChI=1S/C14H20ClN3O3/c1-3-11(8-13(16)18-20)17-14(19)9(2)21-12-6-4-5-10(15)7-12/h4-7,9,11,20H,3,8H2,1-2H3,(H2,16,18)(H,17,19). The third-order valence-corrected chi connectivity index (χ3v) is 3.14. The lowest BCUT2D eigenvalue weighted by atomic mass is 10.1. The SMILES string of the molecule is CCC(CC(N)=NO)NC(=O)C(C)Oc1cccc(Cl)c1. The van der Waals surface area contributed by atoms with E-state index in [0.29, 0.717) is 17.2 Å². The van der Waals surface area contributed by atoms with Crippen LogP contribution in [0.25, 0.3) is 0 Å². The lowest BCUT2D eigenvalue weighted by Gasteiger charge is -2.20.